The zero-order chi connectivity index (χ0) is 21.3. The topological polar surface area (TPSA) is 161 Å². The van der Waals surface area contributed by atoms with E-state index in [4.69, 9.17) is 28.1 Å². The number of rotatable bonds is 5. The number of hydrogen-bond acceptors (Lipinski definition) is 9. The number of nitrogens with two attached hydrogens (primary N) is 2. The maximum Gasteiger partial charge on any atom is 0.263 e. The highest BCUT2D eigenvalue weighted by Crippen LogP contribution is 2.23. The molecule has 0 spiro atoms. The van der Waals surface area contributed by atoms with Gasteiger partial charge in [-0.3, -0.25) is 9.36 Å². The quantitative estimate of drug-likeness (QED) is 0.468. The number of nitriles is 1. The summed E-state index contributed by atoms with van der Waals surface area (Å²) in [4.78, 5) is 25.8. The molecule has 4 rings (SSSR count). The minimum atomic E-state index is -0.150. The number of anilines is 3. The molecule has 154 valence electrons. The Labute approximate surface area is 176 Å². The van der Waals surface area contributed by atoms with E-state index in [-0.39, 0.29) is 34.7 Å². The minimum Gasteiger partial charge on any atom is -0.382 e. The molecule has 2 aromatic heterocycles. The van der Waals surface area contributed by atoms with Crippen LogP contribution >= 0.6 is 11.6 Å². The van der Waals surface area contributed by atoms with Crippen LogP contribution in [-0.4, -0.2) is 39.2 Å². The fraction of sp³-hybridized carbons (Fsp3) is 0.316. The number of nitrogen functional groups attached to an aromatic ring is 2. The van der Waals surface area contributed by atoms with E-state index in [1.54, 1.807) is 22.8 Å². The van der Waals surface area contributed by atoms with Crippen molar-refractivity contribution in [3.63, 3.8) is 0 Å². The van der Waals surface area contributed by atoms with E-state index in [1.807, 2.05) is 6.07 Å². The predicted molar refractivity (Wildman–Crippen MR) is 115 cm³/mol. The van der Waals surface area contributed by atoms with Crippen LogP contribution in [0.25, 0.3) is 10.9 Å². The van der Waals surface area contributed by atoms with Gasteiger partial charge in [0.2, 0.25) is 5.95 Å². The van der Waals surface area contributed by atoms with E-state index in [0.29, 0.717) is 41.3 Å². The van der Waals surface area contributed by atoms with Gasteiger partial charge < -0.3 is 22.1 Å². The molecule has 1 aliphatic heterocycles. The van der Waals surface area contributed by atoms with Gasteiger partial charge in [0.25, 0.3) is 5.56 Å². The second-order valence-corrected chi connectivity index (χ2v) is 7.37. The molecule has 1 saturated heterocycles. The SMILES string of the molecule is N#Cc1c(N)nc(N)nc1NCCc1nc2cccc(Cl)c2c(=O)n1[C@@H]1CCNC1. The average molecular weight is 426 g/mol. The largest absolute Gasteiger partial charge is 0.382 e. The average Bonchev–Trinajstić information content (AvgIpc) is 3.22. The highest BCUT2D eigenvalue weighted by molar-refractivity contribution is 6.35. The normalized spacial score (nSPS) is 15.9. The van der Waals surface area contributed by atoms with Gasteiger partial charge in [0.05, 0.1) is 22.0 Å². The molecule has 10 nitrogen and oxygen atoms in total. The highest BCUT2D eigenvalue weighted by Gasteiger charge is 2.23. The summed E-state index contributed by atoms with van der Waals surface area (Å²) in [5.41, 5.74) is 11.9. The van der Waals surface area contributed by atoms with Gasteiger partial charge in [-0.15, -0.1) is 0 Å². The molecular formula is C19H20ClN9O. The van der Waals surface area contributed by atoms with Gasteiger partial charge in [-0.05, 0) is 25.1 Å². The zero-order valence-electron chi connectivity index (χ0n) is 16.0. The molecule has 1 atom stereocenters. The van der Waals surface area contributed by atoms with Gasteiger partial charge in [-0.2, -0.15) is 15.2 Å². The molecule has 1 fully saturated rings. The van der Waals surface area contributed by atoms with Crippen LogP contribution in [0.2, 0.25) is 5.02 Å². The first-order valence-corrected chi connectivity index (χ1v) is 9.84. The van der Waals surface area contributed by atoms with Crippen LogP contribution in [-0.2, 0) is 6.42 Å². The molecule has 0 unspecified atom stereocenters. The van der Waals surface area contributed by atoms with Crippen LogP contribution in [0.3, 0.4) is 0 Å². The van der Waals surface area contributed by atoms with Crippen molar-refractivity contribution in [2.45, 2.75) is 18.9 Å². The van der Waals surface area contributed by atoms with E-state index in [1.165, 1.54) is 0 Å². The van der Waals surface area contributed by atoms with Crippen LogP contribution in [0, 0.1) is 11.3 Å². The number of benzene rings is 1. The lowest BCUT2D eigenvalue weighted by Gasteiger charge is -2.19. The molecule has 3 aromatic rings. The lowest BCUT2D eigenvalue weighted by molar-refractivity contribution is 0.500. The summed E-state index contributed by atoms with van der Waals surface area (Å²) in [5, 5.41) is 16.5. The van der Waals surface area contributed by atoms with Crippen molar-refractivity contribution in [1.29, 1.82) is 5.26 Å². The lowest BCUT2D eigenvalue weighted by atomic mass is 10.2. The van der Waals surface area contributed by atoms with Gasteiger partial charge >= 0.3 is 0 Å². The molecule has 0 bridgehead atoms. The van der Waals surface area contributed by atoms with Crippen molar-refractivity contribution in [3.8, 4) is 6.07 Å². The minimum absolute atomic E-state index is 0.000631. The van der Waals surface area contributed by atoms with Crippen LogP contribution in [0.1, 0.15) is 23.9 Å². The maximum absolute atomic E-state index is 13.3. The summed E-state index contributed by atoms with van der Waals surface area (Å²) in [7, 11) is 0. The van der Waals surface area contributed by atoms with Crippen molar-refractivity contribution in [1.82, 2.24) is 24.8 Å². The van der Waals surface area contributed by atoms with Crippen molar-refractivity contribution in [2.75, 3.05) is 36.4 Å². The first-order valence-electron chi connectivity index (χ1n) is 9.47. The van der Waals surface area contributed by atoms with Crippen molar-refractivity contribution < 1.29 is 0 Å². The number of nitrogens with zero attached hydrogens (tertiary/aromatic N) is 5. The zero-order valence-corrected chi connectivity index (χ0v) is 16.8. The summed E-state index contributed by atoms with van der Waals surface area (Å²) in [6.45, 7) is 1.89. The standard InChI is InChI=1S/C19H20ClN9O/c20-12-2-1-3-13-15(12)18(30)29(10-4-6-24-9-10)14(26-13)5-7-25-17-11(8-21)16(22)27-19(23)28-17/h1-3,10,24H,4-7,9H2,(H5,22,23,25,27,28)/t10-/m1/s1. The Bertz CT molecular complexity index is 1210. The summed E-state index contributed by atoms with van der Waals surface area (Å²) in [5.74, 6) is 0.869. The van der Waals surface area contributed by atoms with Crippen molar-refractivity contribution in [3.05, 3.63) is 45.0 Å². The molecule has 30 heavy (non-hydrogen) atoms. The Hall–Kier alpha value is -3.42. The van der Waals surface area contributed by atoms with Crippen LogP contribution in [0.15, 0.2) is 23.0 Å². The van der Waals surface area contributed by atoms with Gasteiger partial charge in [0, 0.05) is 19.5 Å². The van der Waals surface area contributed by atoms with Crippen molar-refractivity contribution in [2.24, 2.45) is 0 Å². The number of halogens is 1. The van der Waals surface area contributed by atoms with Gasteiger partial charge in [-0.25, -0.2) is 4.98 Å². The monoisotopic (exact) mass is 425 g/mol. The fourth-order valence-corrected chi connectivity index (χ4v) is 3.94. The molecule has 6 N–H and O–H groups in total. The Balaban J connectivity index is 1.68. The van der Waals surface area contributed by atoms with Gasteiger partial charge in [0.1, 0.15) is 23.3 Å². The summed E-state index contributed by atoms with van der Waals surface area (Å²) in [6.07, 6.45) is 1.25. The number of nitrogens with one attached hydrogen (secondary N) is 2. The molecular weight excluding hydrogens is 406 g/mol. The molecule has 1 aliphatic rings. The molecule has 11 heteroatoms. The summed E-state index contributed by atoms with van der Waals surface area (Å²) < 4.78 is 1.73. The molecule has 0 radical (unpaired) electrons. The molecule has 3 heterocycles. The number of aromatic nitrogens is 4. The Kier molecular flexibility index (Phi) is 5.39. The molecule has 1 aromatic carbocycles. The van der Waals surface area contributed by atoms with Crippen molar-refractivity contribution >= 4 is 40.1 Å². The third-order valence-electron chi connectivity index (χ3n) is 5.06. The van der Waals surface area contributed by atoms with E-state index in [2.05, 4.69) is 20.6 Å². The molecule has 0 aliphatic carbocycles. The predicted octanol–water partition coefficient (Wildman–Crippen LogP) is 1.06. The summed E-state index contributed by atoms with van der Waals surface area (Å²) >= 11 is 6.29. The Morgan fingerprint density at radius 1 is 1.33 bits per heavy atom. The van der Waals surface area contributed by atoms with E-state index >= 15 is 0 Å². The summed E-state index contributed by atoms with van der Waals surface area (Å²) in [6, 6.07) is 7.21. The maximum atomic E-state index is 13.3. The Morgan fingerprint density at radius 3 is 2.90 bits per heavy atom. The number of fused-ring (bicyclic) bond motifs is 1. The van der Waals surface area contributed by atoms with Crippen LogP contribution in [0.4, 0.5) is 17.6 Å². The first kappa shape index (κ1) is 19.9. The molecule has 0 saturated carbocycles. The smallest absolute Gasteiger partial charge is 0.263 e. The second-order valence-electron chi connectivity index (χ2n) is 6.96. The fourth-order valence-electron chi connectivity index (χ4n) is 3.69. The third-order valence-corrected chi connectivity index (χ3v) is 5.37. The highest BCUT2D eigenvalue weighted by atomic mass is 35.5. The van der Waals surface area contributed by atoms with E-state index in [0.717, 1.165) is 13.0 Å². The molecule has 0 amide bonds. The lowest BCUT2D eigenvalue weighted by Crippen LogP contribution is -2.31. The second kappa shape index (κ2) is 8.14. The number of hydrogen-bond donors (Lipinski definition) is 4. The van der Waals surface area contributed by atoms with E-state index < -0.39 is 0 Å². The van der Waals surface area contributed by atoms with Crippen LogP contribution < -0.4 is 27.7 Å². The van der Waals surface area contributed by atoms with E-state index in [9.17, 15) is 10.1 Å². The third kappa shape index (κ3) is 3.60. The van der Waals surface area contributed by atoms with Crippen LogP contribution in [0.5, 0.6) is 0 Å². The first-order chi connectivity index (χ1) is 14.5. The van der Waals surface area contributed by atoms with Gasteiger partial charge in [-0.1, -0.05) is 17.7 Å². The van der Waals surface area contributed by atoms with Gasteiger partial charge in [0.15, 0.2) is 5.82 Å². The Morgan fingerprint density at radius 2 is 2.17 bits per heavy atom.